The van der Waals surface area contributed by atoms with Crippen LogP contribution in [-0.2, 0) is 6.18 Å². The number of rotatable bonds is 1. The molecule has 2 aromatic rings. The standard InChI is InChI=1S/C14H14F3N3O2/c15-14(16,17)8-3-4-11-10(6-8)12(21)20(13(22)19-11)9-2-1-5-18-7-9/h3-4,6,9,18H,1-2,5,7H2,(H,19,22). The fraction of sp³-hybridized carbons (Fsp3) is 0.429. The number of aromatic amines is 1. The molecule has 2 N–H and O–H groups in total. The number of H-pyrrole nitrogens is 1. The lowest BCUT2D eigenvalue weighted by molar-refractivity contribution is -0.137. The molecule has 1 atom stereocenters. The largest absolute Gasteiger partial charge is 0.416 e. The highest BCUT2D eigenvalue weighted by Crippen LogP contribution is 2.30. The Balaban J connectivity index is 2.21. The molecule has 1 saturated heterocycles. The third-order valence-corrected chi connectivity index (χ3v) is 3.89. The molecule has 3 rings (SSSR count). The lowest BCUT2D eigenvalue weighted by atomic mass is 10.1. The van der Waals surface area contributed by atoms with Crippen molar-refractivity contribution in [2.75, 3.05) is 13.1 Å². The van der Waals surface area contributed by atoms with Gasteiger partial charge in [0, 0.05) is 6.54 Å². The molecule has 1 aromatic heterocycles. The van der Waals surface area contributed by atoms with Crippen LogP contribution >= 0.6 is 0 Å². The molecule has 0 saturated carbocycles. The predicted molar refractivity (Wildman–Crippen MR) is 75.0 cm³/mol. The van der Waals surface area contributed by atoms with Crippen LogP contribution < -0.4 is 16.6 Å². The van der Waals surface area contributed by atoms with Gasteiger partial charge in [-0.05, 0) is 37.6 Å². The summed E-state index contributed by atoms with van der Waals surface area (Å²) in [6, 6.07) is 2.42. The van der Waals surface area contributed by atoms with Crippen molar-refractivity contribution >= 4 is 10.9 Å². The van der Waals surface area contributed by atoms with E-state index in [1.165, 1.54) is 0 Å². The smallest absolute Gasteiger partial charge is 0.315 e. The SMILES string of the molecule is O=c1[nH]c2ccc(C(F)(F)F)cc2c(=O)n1C1CCCNC1. The summed E-state index contributed by atoms with van der Waals surface area (Å²) < 4.78 is 39.4. The van der Waals surface area contributed by atoms with Gasteiger partial charge >= 0.3 is 11.9 Å². The first-order valence-electron chi connectivity index (χ1n) is 6.94. The van der Waals surface area contributed by atoms with E-state index >= 15 is 0 Å². The van der Waals surface area contributed by atoms with Crippen LogP contribution in [0.2, 0.25) is 0 Å². The summed E-state index contributed by atoms with van der Waals surface area (Å²) in [4.78, 5) is 27.1. The summed E-state index contributed by atoms with van der Waals surface area (Å²) in [7, 11) is 0. The van der Waals surface area contributed by atoms with Crippen LogP contribution in [0.25, 0.3) is 10.9 Å². The number of nitrogens with one attached hydrogen (secondary N) is 2. The molecule has 1 aromatic carbocycles. The summed E-state index contributed by atoms with van der Waals surface area (Å²) in [5.74, 6) is 0. The van der Waals surface area contributed by atoms with Gasteiger partial charge in [-0.15, -0.1) is 0 Å². The number of fused-ring (bicyclic) bond motifs is 1. The molecule has 2 heterocycles. The normalized spacial score (nSPS) is 19.5. The molecule has 5 nitrogen and oxygen atoms in total. The molecule has 8 heteroatoms. The molecule has 118 valence electrons. The molecule has 1 aliphatic heterocycles. The van der Waals surface area contributed by atoms with Crippen LogP contribution in [0.15, 0.2) is 27.8 Å². The molecule has 1 fully saturated rings. The first-order chi connectivity index (χ1) is 10.4. The van der Waals surface area contributed by atoms with Crippen LogP contribution in [0, 0.1) is 0 Å². The Morgan fingerprint density at radius 1 is 1.23 bits per heavy atom. The number of alkyl halides is 3. The lowest BCUT2D eigenvalue weighted by Gasteiger charge is -2.24. The number of benzene rings is 1. The molecule has 0 radical (unpaired) electrons. The van der Waals surface area contributed by atoms with E-state index in [9.17, 15) is 22.8 Å². The number of aromatic nitrogens is 2. The highest BCUT2D eigenvalue weighted by atomic mass is 19.4. The first kappa shape index (κ1) is 14.8. The molecule has 1 unspecified atom stereocenters. The zero-order chi connectivity index (χ0) is 15.9. The Bertz CT molecular complexity index is 817. The van der Waals surface area contributed by atoms with Gasteiger partial charge in [-0.3, -0.25) is 9.36 Å². The zero-order valence-corrected chi connectivity index (χ0v) is 11.5. The van der Waals surface area contributed by atoms with E-state index in [2.05, 4.69) is 10.3 Å². The van der Waals surface area contributed by atoms with E-state index in [-0.39, 0.29) is 16.9 Å². The van der Waals surface area contributed by atoms with Gasteiger partial charge in [-0.1, -0.05) is 0 Å². The molecule has 1 aliphatic rings. The van der Waals surface area contributed by atoms with Gasteiger partial charge in [0.25, 0.3) is 5.56 Å². The van der Waals surface area contributed by atoms with Crippen LogP contribution in [-0.4, -0.2) is 22.6 Å². The quantitative estimate of drug-likeness (QED) is 0.841. The average molecular weight is 313 g/mol. The minimum Gasteiger partial charge on any atom is -0.315 e. The van der Waals surface area contributed by atoms with Crippen molar-refractivity contribution in [1.29, 1.82) is 0 Å². The van der Waals surface area contributed by atoms with Crippen molar-refractivity contribution in [2.45, 2.75) is 25.1 Å². The second-order valence-electron chi connectivity index (χ2n) is 5.36. The minimum atomic E-state index is -4.53. The van der Waals surface area contributed by atoms with Gasteiger partial charge in [0.1, 0.15) is 0 Å². The van der Waals surface area contributed by atoms with Gasteiger partial charge in [-0.25, -0.2) is 4.79 Å². The summed E-state index contributed by atoms with van der Waals surface area (Å²) in [5.41, 5.74) is -2.06. The summed E-state index contributed by atoms with van der Waals surface area (Å²) >= 11 is 0. The van der Waals surface area contributed by atoms with Gasteiger partial charge in [0.05, 0.1) is 22.5 Å². The Kier molecular flexibility index (Phi) is 3.56. The van der Waals surface area contributed by atoms with E-state index in [1.54, 1.807) is 0 Å². The number of hydrogen-bond donors (Lipinski definition) is 2. The number of nitrogens with zero attached hydrogens (tertiary/aromatic N) is 1. The Labute approximate surface area is 122 Å². The van der Waals surface area contributed by atoms with Crippen LogP contribution in [0.3, 0.4) is 0 Å². The summed E-state index contributed by atoms with van der Waals surface area (Å²) in [6.45, 7) is 1.25. The van der Waals surface area contributed by atoms with Crippen molar-refractivity contribution in [1.82, 2.24) is 14.9 Å². The molecule has 22 heavy (non-hydrogen) atoms. The maximum atomic E-state index is 12.8. The zero-order valence-electron chi connectivity index (χ0n) is 11.5. The van der Waals surface area contributed by atoms with Crippen molar-refractivity contribution in [3.8, 4) is 0 Å². The molecule has 0 spiro atoms. The summed E-state index contributed by atoms with van der Waals surface area (Å²) in [6.07, 6.45) is -3.09. The molecular weight excluding hydrogens is 299 g/mol. The van der Waals surface area contributed by atoms with Gasteiger partial charge < -0.3 is 10.3 Å². The van der Waals surface area contributed by atoms with E-state index in [1.807, 2.05) is 0 Å². The highest BCUT2D eigenvalue weighted by Gasteiger charge is 2.31. The predicted octanol–water partition coefficient (Wildman–Crippen LogP) is 1.63. The Morgan fingerprint density at radius 2 is 2.00 bits per heavy atom. The van der Waals surface area contributed by atoms with Crippen molar-refractivity contribution in [3.63, 3.8) is 0 Å². The number of hydrogen-bond acceptors (Lipinski definition) is 3. The van der Waals surface area contributed by atoms with E-state index < -0.39 is 23.0 Å². The molecule has 0 amide bonds. The van der Waals surface area contributed by atoms with Gasteiger partial charge in [0.2, 0.25) is 0 Å². The number of piperidine rings is 1. The maximum Gasteiger partial charge on any atom is 0.416 e. The van der Waals surface area contributed by atoms with Gasteiger partial charge in [0.15, 0.2) is 0 Å². The van der Waals surface area contributed by atoms with Crippen LogP contribution in [0.5, 0.6) is 0 Å². The minimum absolute atomic E-state index is 0.114. The fourth-order valence-electron chi connectivity index (χ4n) is 2.79. The summed E-state index contributed by atoms with van der Waals surface area (Å²) in [5, 5.41) is 2.95. The van der Waals surface area contributed by atoms with Crippen molar-refractivity contribution in [2.24, 2.45) is 0 Å². The molecule has 0 aliphatic carbocycles. The topological polar surface area (TPSA) is 66.9 Å². The Morgan fingerprint density at radius 3 is 2.64 bits per heavy atom. The fourth-order valence-corrected chi connectivity index (χ4v) is 2.79. The van der Waals surface area contributed by atoms with Gasteiger partial charge in [-0.2, -0.15) is 13.2 Å². The molecule has 0 bridgehead atoms. The maximum absolute atomic E-state index is 12.8. The van der Waals surface area contributed by atoms with Crippen LogP contribution in [0.1, 0.15) is 24.4 Å². The molecular formula is C14H14F3N3O2. The highest BCUT2D eigenvalue weighted by molar-refractivity contribution is 5.78. The third kappa shape index (κ3) is 2.54. The van der Waals surface area contributed by atoms with Crippen molar-refractivity contribution in [3.05, 3.63) is 44.6 Å². The Hall–Kier alpha value is -2.09. The number of halogens is 3. The first-order valence-corrected chi connectivity index (χ1v) is 6.94. The second kappa shape index (κ2) is 5.28. The van der Waals surface area contributed by atoms with E-state index in [4.69, 9.17) is 0 Å². The third-order valence-electron chi connectivity index (χ3n) is 3.89. The van der Waals surface area contributed by atoms with Crippen molar-refractivity contribution < 1.29 is 13.2 Å². The van der Waals surface area contributed by atoms with E-state index in [0.717, 1.165) is 35.7 Å². The lowest BCUT2D eigenvalue weighted by Crippen LogP contribution is -2.44. The average Bonchev–Trinajstić information content (AvgIpc) is 2.47. The second-order valence-corrected chi connectivity index (χ2v) is 5.36. The van der Waals surface area contributed by atoms with Crippen LogP contribution in [0.4, 0.5) is 13.2 Å². The van der Waals surface area contributed by atoms with E-state index in [0.29, 0.717) is 13.0 Å². The monoisotopic (exact) mass is 313 g/mol.